The highest BCUT2D eigenvalue weighted by atomic mass is 16.2. The van der Waals surface area contributed by atoms with Gasteiger partial charge in [0.2, 0.25) is 17.7 Å². The van der Waals surface area contributed by atoms with E-state index < -0.39 is 0 Å². The monoisotopic (exact) mass is 328 g/mol. The first-order valence-corrected chi connectivity index (χ1v) is 8.84. The Morgan fingerprint density at radius 3 is 2.21 bits per heavy atom. The van der Waals surface area contributed by atoms with E-state index in [1.54, 1.807) is 4.90 Å². The summed E-state index contributed by atoms with van der Waals surface area (Å²) in [5.41, 5.74) is 0.845. The van der Waals surface area contributed by atoms with Crippen LogP contribution >= 0.6 is 0 Å². The molecule has 5 nitrogen and oxygen atoms in total. The first kappa shape index (κ1) is 16.7. The number of carbonyl (C=O) groups is 3. The molecule has 24 heavy (non-hydrogen) atoms. The third-order valence-corrected chi connectivity index (χ3v) is 5.17. The molecule has 3 rings (SSSR count). The molecular formula is C19H24N2O3. The highest BCUT2D eigenvalue weighted by molar-refractivity contribution is 6.05. The van der Waals surface area contributed by atoms with Crippen molar-refractivity contribution >= 4 is 23.4 Å². The molecule has 0 N–H and O–H groups in total. The van der Waals surface area contributed by atoms with Crippen molar-refractivity contribution in [3.63, 3.8) is 0 Å². The predicted molar refractivity (Wildman–Crippen MR) is 91.3 cm³/mol. The molecule has 0 aromatic heterocycles. The van der Waals surface area contributed by atoms with Crippen LogP contribution in [0.3, 0.4) is 0 Å². The summed E-state index contributed by atoms with van der Waals surface area (Å²) in [4.78, 5) is 40.5. The molecule has 1 aromatic carbocycles. The first-order chi connectivity index (χ1) is 11.6. The summed E-state index contributed by atoms with van der Waals surface area (Å²) in [5.74, 6) is -0.477. The van der Waals surface area contributed by atoms with Crippen LogP contribution in [0.2, 0.25) is 0 Å². The van der Waals surface area contributed by atoms with Gasteiger partial charge in [-0.15, -0.1) is 0 Å². The van der Waals surface area contributed by atoms with Gasteiger partial charge in [-0.2, -0.15) is 0 Å². The Bertz CT molecular complexity index is 605. The van der Waals surface area contributed by atoms with Crippen molar-refractivity contribution in [2.45, 2.75) is 39.0 Å². The Hall–Kier alpha value is -2.17. The summed E-state index contributed by atoms with van der Waals surface area (Å²) in [6, 6.07) is 9.47. The zero-order chi connectivity index (χ0) is 17.1. The number of fused-ring (bicyclic) bond motifs is 1. The maximum absolute atomic E-state index is 12.5. The maximum Gasteiger partial charge on any atom is 0.233 e. The minimum atomic E-state index is -0.141. The maximum atomic E-state index is 12.5. The summed E-state index contributed by atoms with van der Waals surface area (Å²) in [7, 11) is 0. The van der Waals surface area contributed by atoms with Gasteiger partial charge in [-0.1, -0.05) is 31.0 Å². The van der Waals surface area contributed by atoms with E-state index in [0.717, 1.165) is 31.4 Å². The molecule has 1 aliphatic heterocycles. The van der Waals surface area contributed by atoms with Crippen molar-refractivity contribution < 1.29 is 14.4 Å². The van der Waals surface area contributed by atoms with E-state index in [9.17, 15) is 14.4 Å². The zero-order valence-electron chi connectivity index (χ0n) is 14.1. The van der Waals surface area contributed by atoms with Crippen LogP contribution in [0.25, 0.3) is 0 Å². The Labute approximate surface area is 142 Å². The number of hydrogen-bond acceptors (Lipinski definition) is 3. The van der Waals surface area contributed by atoms with E-state index in [4.69, 9.17) is 0 Å². The van der Waals surface area contributed by atoms with Crippen LogP contribution < -0.4 is 4.90 Å². The smallest absolute Gasteiger partial charge is 0.233 e. The number of anilines is 1. The van der Waals surface area contributed by atoms with Crippen molar-refractivity contribution in [1.82, 2.24) is 4.90 Å². The van der Waals surface area contributed by atoms with Crippen LogP contribution in [0.1, 0.15) is 39.0 Å². The number of carbonyl (C=O) groups excluding carboxylic acids is 3. The van der Waals surface area contributed by atoms with E-state index in [1.165, 1.54) is 4.90 Å². The van der Waals surface area contributed by atoms with Crippen molar-refractivity contribution in [3.8, 4) is 0 Å². The molecule has 1 saturated carbocycles. The molecule has 0 radical (unpaired) electrons. The molecule has 128 valence electrons. The average Bonchev–Trinajstić information content (AvgIpc) is 2.86. The van der Waals surface area contributed by atoms with Crippen molar-refractivity contribution in [1.29, 1.82) is 0 Å². The topological polar surface area (TPSA) is 57.7 Å². The largest absolute Gasteiger partial charge is 0.313 e. The third-order valence-electron chi connectivity index (χ3n) is 5.17. The second-order valence-corrected chi connectivity index (χ2v) is 6.55. The fourth-order valence-electron chi connectivity index (χ4n) is 3.90. The van der Waals surface area contributed by atoms with Gasteiger partial charge in [0, 0.05) is 25.2 Å². The van der Waals surface area contributed by atoms with Crippen LogP contribution in [-0.4, -0.2) is 35.7 Å². The van der Waals surface area contributed by atoms with E-state index in [2.05, 4.69) is 0 Å². The number of benzene rings is 1. The van der Waals surface area contributed by atoms with Crippen molar-refractivity contribution in [2.75, 3.05) is 18.0 Å². The lowest BCUT2D eigenvalue weighted by Gasteiger charge is -2.22. The number of hydrogen-bond donors (Lipinski definition) is 0. The number of imide groups is 1. The molecule has 3 amide bonds. The van der Waals surface area contributed by atoms with Crippen LogP contribution in [0.15, 0.2) is 30.3 Å². The molecule has 2 atom stereocenters. The van der Waals surface area contributed by atoms with Gasteiger partial charge in [-0.05, 0) is 31.9 Å². The lowest BCUT2D eigenvalue weighted by molar-refractivity contribution is -0.140. The van der Waals surface area contributed by atoms with Gasteiger partial charge in [-0.25, -0.2) is 0 Å². The number of nitrogens with zero attached hydrogens (tertiary/aromatic N) is 2. The number of likely N-dealkylation sites (tertiary alicyclic amines) is 1. The fraction of sp³-hybridized carbons (Fsp3) is 0.526. The molecule has 2 aliphatic rings. The van der Waals surface area contributed by atoms with Gasteiger partial charge >= 0.3 is 0 Å². The van der Waals surface area contributed by atoms with Gasteiger partial charge in [0.15, 0.2) is 0 Å². The average molecular weight is 328 g/mol. The molecular weight excluding hydrogens is 304 g/mol. The van der Waals surface area contributed by atoms with E-state index in [1.807, 2.05) is 37.3 Å². The molecule has 2 unspecified atom stereocenters. The number of para-hydroxylation sites is 1. The van der Waals surface area contributed by atoms with E-state index >= 15 is 0 Å². The predicted octanol–water partition coefficient (Wildman–Crippen LogP) is 2.60. The van der Waals surface area contributed by atoms with Crippen molar-refractivity contribution in [3.05, 3.63) is 30.3 Å². The molecule has 1 heterocycles. The summed E-state index contributed by atoms with van der Waals surface area (Å²) >= 11 is 0. The van der Waals surface area contributed by atoms with Gasteiger partial charge in [0.25, 0.3) is 0 Å². The first-order valence-electron chi connectivity index (χ1n) is 8.84. The molecule has 1 aliphatic carbocycles. The quantitative estimate of drug-likeness (QED) is 0.781. The van der Waals surface area contributed by atoms with Gasteiger partial charge in [0.05, 0.1) is 11.8 Å². The van der Waals surface area contributed by atoms with Crippen LogP contribution in [0.4, 0.5) is 5.69 Å². The third kappa shape index (κ3) is 3.07. The second kappa shape index (κ2) is 7.16. The van der Waals surface area contributed by atoms with Gasteiger partial charge < -0.3 is 4.90 Å². The minimum Gasteiger partial charge on any atom is -0.313 e. The minimum absolute atomic E-state index is 0.0563. The van der Waals surface area contributed by atoms with Crippen LogP contribution in [0, 0.1) is 11.8 Å². The number of rotatable bonds is 5. The SMILES string of the molecule is CCN(C(=O)CCN1C(=O)C2CCCCC2C1=O)c1ccccc1. The Morgan fingerprint density at radius 2 is 1.67 bits per heavy atom. The van der Waals surface area contributed by atoms with E-state index in [0.29, 0.717) is 6.54 Å². The van der Waals surface area contributed by atoms with Crippen LogP contribution in [-0.2, 0) is 14.4 Å². The van der Waals surface area contributed by atoms with Crippen molar-refractivity contribution in [2.24, 2.45) is 11.8 Å². The molecule has 0 spiro atoms. The standard InChI is InChI=1S/C19H24N2O3/c1-2-20(14-8-4-3-5-9-14)17(22)12-13-21-18(23)15-10-6-7-11-16(15)19(21)24/h3-5,8-9,15-16H,2,6-7,10-13H2,1H3. The normalized spacial score (nSPS) is 23.3. The zero-order valence-corrected chi connectivity index (χ0v) is 14.1. The highest BCUT2D eigenvalue weighted by Crippen LogP contribution is 2.38. The van der Waals surface area contributed by atoms with Crippen LogP contribution in [0.5, 0.6) is 0 Å². The Balaban J connectivity index is 1.63. The van der Waals surface area contributed by atoms with Gasteiger partial charge in [-0.3, -0.25) is 19.3 Å². The Kier molecular flexibility index (Phi) is 4.97. The summed E-state index contributed by atoms with van der Waals surface area (Å²) < 4.78 is 0. The lowest BCUT2D eigenvalue weighted by Crippen LogP contribution is -2.37. The number of amides is 3. The van der Waals surface area contributed by atoms with Gasteiger partial charge in [0.1, 0.15) is 0 Å². The molecule has 5 heteroatoms. The lowest BCUT2D eigenvalue weighted by atomic mass is 9.81. The summed E-state index contributed by atoms with van der Waals surface area (Å²) in [6.45, 7) is 2.69. The second-order valence-electron chi connectivity index (χ2n) is 6.55. The Morgan fingerprint density at radius 1 is 1.08 bits per heavy atom. The summed E-state index contributed by atoms with van der Waals surface area (Å²) in [5, 5.41) is 0. The molecule has 2 fully saturated rings. The van der Waals surface area contributed by atoms with E-state index in [-0.39, 0.29) is 42.5 Å². The fourth-order valence-corrected chi connectivity index (χ4v) is 3.90. The molecule has 1 saturated heterocycles. The summed E-state index contributed by atoms with van der Waals surface area (Å²) in [6.07, 6.45) is 3.84. The highest BCUT2D eigenvalue weighted by Gasteiger charge is 2.47. The molecule has 1 aromatic rings. The molecule has 0 bridgehead atoms.